The smallest absolute Gasteiger partial charge is 0.446 e. The van der Waals surface area contributed by atoms with Crippen molar-refractivity contribution < 1.29 is 31.4 Å². The van der Waals surface area contributed by atoms with Gasteiger partial charge in [0.1, 0.15) is 0 Å². The number of anilines is 1. The molecule has 0 aliphatic carbocycles. The second-order valence-electron chi connectivity index (χ2n) is 7.81. The SMILES string of the molecule is Cc1c(O)n(-c2ccc(SC(F)(F)F)cc2)c(=O)n1Cc1ccncc1NS(=O)(=O)N1CCOCC1. The number of hydrogen-bond donors (Lipinski definition) is 2. The third-order valence-electron chi connectivity index (χ3n) is 5.48. The van der Waals surface area contributed by atoms with Gasteiger partial charge in [0, 0.05) is 24.2 Å². The zero-order chi connectivity index (χ0) is 26.1. The zero-order valence-electron chi connectivity index (χ0n) is 18.9. The number of ether oxygens (including phenoxy) is 1. The summed E-state index contributed by atoms with van der Waals surface area (Å²) in [4.78, 5) is 17.1. The molecule has 3 aromatic rings. The Morgan fingerprint density at radius 1 is 1.17 bits per heavy atom. The Labute approximate surface area is 208 Å². The van der Waals surface area contributed by atoms with Gasteiger partial charge in [0.25, 0.3) is 0 Å². The van der Waals surface area contributed by atoms with Crippen LogP contribution in [0.15, 0.2) is 52.4 Å². The van der Waals surface area contributed by atoms with Crippen LogP contribution < -0.4 is 10.4 Å². The molecule has 1 aliphatic rings. The lowest BCUT2D eigenvalue weighted by atomic mass is 10.2. The summed E-state index contributed by atoms with van der Waals surface area (Å²) >= 11 is -0.288. The lowest BCUT2D eigenvalue weighted by Gasteiger charge is -2.26. The highest BCUT2D eigenvalue weighted by Gasteiger charge is 2.29. The van der Waals surface area contributed by atoms with Crippen LogP contribution in [-0.2, 0) is 21.5 Å². The van der Waals surface area contributed by atoms with Crippen molar-refractivity contribution in [2.75, 3.05) is 31.0 Å². The van der Waals surface area contributed by atoms with Gasteiger partial charge in [-0.25, -0.2) is 9.36 Å². The second-order valence-corrected chi connectivity index (χ2v) is 10.6. The molecule has 1 saturated heterocycles. The van der Waals surface area contributed by atoms with Crippen LogP contribution in [0.25, 0.3) is 5.69 Å². The van der Waals surface area contributed by atoms with Crippen LogP contribution in [0.3, 0.4) is 0 Å². The van der Waals surface area contributed by atoms with Crippen molar-refractivity contribution in [1.82, 2.24) is 18.4 Å². The summed E-state index contributed by atoms with van der Waals surface area (Å²) in [5, 5.41) is 10.6. The number of aromatic hydroxyl groups is 1. The van der Waals surface area contributed by atoms with Gasteiger partial charge in [-0.3, -0.25) is 14.3 Å². The fraction of sp³-hybridized carbons (Fsp3) is 0.333. The van der Waals surface area contributed by atoms with Crippen molar-refractivity contribution in [3.63, 3.8) is 0 Å². The summed E-state index contributed by atoms with van der Waals surface area (Å²) in [6.45, 7) is 2.34. The van der Waals surface area contributed by atoms with Crippen LogP contribution in [-0.4, -0.2) is 63.8 Å². The molecule has 3 heterocycles. The molecule has 1 aliphatic heterocycles. The molecule has 4 rings (SSSR count). The molecule has 1 fully saturated rings. The first-order chi connectivity index (χ1) is 17.0. The van der Waals surface area contributed by atoms with E-state index >= 15 is 0 Å². The Morgan fingerprint density at radius 2 is 1.83 bits per heavy atom. The molecule has 10 nitrogen and oxygen atoms in total. The zero-order valence-corrected chi connectivity index (χ0v) is 20.5. The molecule has 0 atom stereocenters. The van der Waals surface area contributed by atoms with Crippen molar-refractivity contribution in [3.05, 3.63) is 64.5 Å². The number of pyridine rings is 1. The molecule has 2 aromatic heterocycles. The maximum absolute atomic E-state index is 13.2. The lowest BCUT2D eigenvalue weighted by molar-refractivity contribution is -0.0328. The van der Waals surface area contributed by atoms with E-state index in [-0.39, 0.29) is 72.5 Å². The molecule has 0 bridgehead atoms. The second kappa shape index (κ2) is 10.2. The fourth-order valence-electron chi connectivity index (χ4n) is 3.67. The van der Waals surface area contributed by atoms with E-state index in [2.05, 4.69) is 9.71 Å². The summed E-state index contributed by atoms with van der Waals surface area (Å²) in [6, 6.07) is 6.54. The molecule has 0 radical (unpaired) electrons. The van der Waals surface area contributed by atoms with E-state index in [1.165, 1.54) is 52.5 Å². The first-order valence-electron chi connectivity index (χ1n) is 10.6. The predicted molar refractivity (Wildman–Crippen MR) is 127 cm³/mol. The number of imidazole rings is 1. The van der Waals surface area contributed by atoms with Crippen LogP contribution in [0.1, 0.15) is 11.3 Å². The summed E-state index contributed by atoms with van der Waals surface area (Å²) in [6.07, 6.45) is 2.76. The first kappa shape index (κ1) is 26.1. The van der Waals surface area contributed by atoms with E-state index in [4.69, 9.17) is 4.74 Å². The summed E-state index contributed by atoms with van der Waals surface area (Å²) < 4.78 is 74.5. The maximum Gasteiger partial charge on any atom is 0.446 e. The number of halogens is 3. The fourth-order valence-corrected chi connectivity index (χ4v) is 5.43. The molecule has 2 N–H and O–H groups in total. The molecule has 0 unspecified atom stereocenters. The number of thioether (sulfide) groups is 1. The lowest BCUT2D eigenvalue weighted by Crippen LogP contribution is -2.43. The minimum atomic E-state index is -4.45. The number of hydrogen-bond acceptors (Lipinski definition) is 7. The minimum Gasteiger partial charge on any atom is -0.493 e. The van der Waals surface area contributed by atoms with Crippen molar-refractivity contribution in [2.45, 2.75) is 23.9 Å². The van der Waals surface area contributed by atoms with E-state index in [9.17, 15) is 31.5 Å². The number of nitrogens with one attached hydrogen (secondary N) is 1. The van der Waals surface area contributed by atoms with Crippen LogP contribution in [0.5, 0.6) is 5.88 Å². The van der Waals surface area contributed by atoms with Crippen molar-refractivity contribution >= 4 is 27.7 Å². The summed E-state index contributed by atoms with van der Waals surface area (Å²) in [5.41, 5.74) is -4.16. The van der Waals surface area contributed by atoms with Gasteiger partial charge in [0.15, 0.2) is 0 Å². The highest BCUT2D eigenvalue weighted by Crippen LogP contribution is 2.37. The van der Waals surface area contributed by atoms with E-state index < -0.39 is 21.4 Å². The van der Waals surface area contributed by atoms with Gasteiger partial charge in [-0.05, 0) is 54.6 Å². The standard InChI is InChI=1S/C21H22F3N5O5S2/c1-14-19(30)29(16-2-4-17(5-3-16)35-21(22,23)24)20(31)28(14)13-15-6-7-25-12-18(15)26-36(32,33)27-8-10-34-11-9-27/h2-7,12,26,30H,8-11,13H2,1H3. The number of rotatable bonds is 7. The van der Waals surface area contributed by atoms with Gasteiger partial charge in [-0.2, -0.15) is 25.9 Å². The number of benzene rings is 1. The molecule has 0 amide bonds. The number of morpholine rings is 1. The van der Waals surface area contributed by atoms with Crippen molar-refractivity contribution in [1.29, 1.82) is 0 Å². The normalized spacial score (nSPS) is 15.2. The highest BCUT2D eigenvalue weighted by molar-refractivity contribution is 8.00. The molecule has 0 spiro atoms. The number of nitrogens with zero attached hydrogens (tertiary/aromatic N) is 4. The van der Waals surface area contributed by atoms with E-state index in [0.29, 0.717) is 5.56 Å². The Bertz CT molecular complexity index is 1400. The van der Waals surface area contributed by atoms with Gasteiger partial charge >= 0.3 is 21.4 Å². The van der Waals surface area contributed by atoms with Crippen LogP contribution in [0.2, 0.25) is 0 Å². The minimum absolute atomic E-state index is 0.0658. The van der Waals surface area contributed by atoms with Crippen LogP contribution >= 0.6 is 11.8 Å². The first-order valence-corrected chi connectivity index (χ1v) is 12.9. The number of alkyl halides is 3. The van der Waals surface area contributed by atoms with Crippen LogP contribution in [0, 0.1) is 6.92 Å². The van der Waals surface area contributed by atoms with E-state index in [0.717, 1.165) is 4.57 Å². The molecule has 15 heteroatoms. The third-order valence-corrected chi connectivity index (χ3v) is 7.74. The molecule has 1 aromatic carbocycles. The Morgan fingerprint density at radius 3 is 2.47 bits per heavy atom. The van der Waals surface area contributed by atoms with E-state index in [1.807, 2.05) is 0 Å². The summed E-state index contributed by atoms with van der Waals surface area (Å²) in [5.74, 6) is -0.388. The maximum atomic E-state index is 13.2. The van der Waals surface area contributed by atoms with Gasteiger partial charge in [0.05, 0.1) is 43.0 Å². The monoisotopic (exact) mass is 545 g/mol. The molecule has 194 valence electrons. The number of aromatic nitrogens is 3. The third kappa shape index (κ3) is 5.69. The van der Waals surface area contributed by atoms with Crippen molar-refractivity contribution in [3.8, 4) is 11.6 Å². The molecule has 0 saturated carbocycles. The van der Waals surface area contributed by atoms with Gasteiger partial charge in [-0.15, -0.1) is 0 Å². The Balaban J connectivity index is 1.62. The van der Waals surface area contributed by atoms with E-state index in [1.54, 1.807) is 6.07 Å². The highest BCUT2D eigenvalue weighted by atomic mass is 32.2. The molecular formula is C21H22F3N5O5S2. The summed E-state index contributed by atoms with van der Waals surface area (Å²) in [7, 11) is -3.90. The van der Waals surface area contributed by atoms with Gasteiger partial charge in [-0.1, -0.05) is 0 Å². The van der Waals surface area contributed by atoms with Crippen molar-refractivity contribution in [2.24, 2.45) is 0 Å². The molecule has 36 heavy (non-hydrogen) atoms. The van der Waals surface area contributed by atoms with Crippen LogP contribution in [0.4, 0.5) is 18.9 Å². The van der Waals surface area contributed by atoms with Gasteiger partial charge < -0.3 is 9.84 Å². The average Bonchev–Trinajstić information content (AvgIpc) is 3.03. The topological polar surface area (TPSA) is 119 Å². The predicted octanol–water partition coefficient (Wildman–Crippen LogP) is 2.70. The molecular weight excluding hydrogens is 523 g/mol. The Kier molecular flexibility index (Phi) is 7.36. The Hall–Kier alpha value is -3.01. The van der Waals surface area contributed by atoms with Gasteiger partial charge in [0.2, 0.25) is 5.88 Å². The quantitative estimate of drug-likeness (QED) is 0.438. The average molecular weight is 546 g/mol. The largest absolute Gasteiger partial charge is 0.493 e.